The van der Waals surface area contributed by atoms with E-state index in [9.17, 15) is 9.65 Å². The molecule has 2 aromatic heterocycles. The second-order valence-corrected chi connectivity index (χ2v) is 8.24. The third-order valence-corrected chi connectivity index (χ3v) is 5.73. The number of anilines is 1. The highest BCUT2D eigenvalue weighted by molar-refractivity contribution is 6.10. The van der Waals surface area contributed by atoms with Gasteiger partial charge >= 0.3 is 0 Å². The average Bonchev–Trinajstić information content (AvgIpc) is 3.30. The number of H-pyrrole nitrogens is 1. The summed E-state index contributed by atoms with van der Waals surface area (Å²) in [5, 5.41) is 16.1. The van der Waals surface area contributed by atoms with Gasteiger partial charge in [0.05, 0.1) is 5.52 Å². The molecule has 186 valence electrons. The van der Waals surface area contributed by atoms with Crippen LogP contribution < -0.4 is 15.4 Å². The van der Waals surface area contributed by atoms with E-state index in [0.29, 0.717) is 11.5 Å². The van der Waals surface area contributed by atoms with Crippen molar-refractivity contribution in [2.75, 3.05) is 38.5 Å². The maximum Gasteiger partial charge on any atom is 0.240 e. The Hall–Kier alpha value is -4.14. The zero-order valence-electron chi connectivity index (χ0n) is 20.0. The van der Waals surface area contributed by atoms with Gasteiger partial charge in [0.15, 0.2) is 23.0 Å². The lowest BCUT2D eigenvalue weighted by atomic mass is 10.2. The van der Waals surface area contributed by atoms with Crippen LogP contribution in [0, 0.1) is 29.9 Å². The van der Waals surface area contributed by atoms with Gasteiger partial charge in [-0.15, -0.1) is 0 Å². The number of hydrogen-bond donors (Lipinski definition) is 3. The summed E-state index contributed by atoms with van der Waals surface area (Å²) in [6.45, 7) is 9.77. The SMILES string of the molecule is C=N/C(Oc1cc(F)c2[nH]c(C)cc2c1F)=C(C#N)\C(=N/C)Nc1ccc(CN2CCNCC2)cn1. The van der Waals surface area contributed by atoms with E-state index in [1.165, 1.54) is 13.1 Å². The van der Waals surface area contributed by atoms with Crippen molar-refractivity contribution in [2.45, 2.75) is 13.5 Å². The number of nitriles is 1. The number of amidine groups is 1. The molecule has 3 heterocycles. The van der Waals surface area contributed by atoms with Crippen molar-refractivity contribution in [1.29, 1.82) is 5.26 Å². The van der Waals surface area contributed by atoms with Crippen molar-refractivity contribution in [3.05, 3.63) is 64.8 Å². The summed E-state index contributed by atoms with van der Waals surface area (Å²) in [6, 6.07) is 8.02. The van der Waals surface area contributed by atoms with Crippen LogP contribution in [0.15, 0.2) is 51.9 Å². The Kier molecular flexibility index (Phi) is 7.68. The van der Waals surface area contributed by atoms with E-state index in [1.54, 1.807) is 19.2 Å². The van der Waals surface area contributed by atoms with Crippen LogP contribution in [-0.4, -0.2) is 60.6 Å². The largest absolute Gasteiger partial charge is 0.434 e. The quantitative estimate of drug-likeness (QED) is 0.201. The summed E-state index contributed by atoms with van der Waals surface area (Å²) in [5.41, 5.74) is 1.52. The normalized spacial score (nSPS) is 15.4. The molecule has 0 saturated carbocycles. The smallest absolute Gasteiger partial charge is 0.240 e. The van der Waals surface area contributed by atoms with E-state index in [-0.39, 0.29) is 28.2 Å². The molecule has 0 unspecified atom stereocenters. The van der Waals surface area contributed by atoms with Gasteiger partial charge in [-0.25, -0.2) is 18.8 Å². The van der Waals surface area contributed by atoms with E-state index in [2.05, 4.69) is 42.2 Å². The van der Waals surface area contributed by atoms with Crippen LogP contribution in [-0.2, 0) is 6.54 Å². The Bertz CT molecular complexity index is 1370. The molecular weight excluding hydrogens is 466 g/mol. The number of benzene rings is 1. The summed E-state index contributed by atoms with van der Waals surface area (Å²) in [5.74, 6) is -1.73. The van der Waals surface area contributed by atoms with E-state index >= 15 is 4.39 Å². The molecule has 0 atom stereocenters. The first kappa shape index (κ1) is 25.0. The lowest BCUT2D eigenvalue weighted by Gasteiger charge is -2.27. The molecule has 1 fully saturated rings. The van der Waals surface area contributed by atoms with Crippen LogP contribution in [0.2, 0.25) is 0 Å². The molecule has 0 radical (unpaired) electrons. The van der Waals surface area contributed by atoms with E-state index in [4.69, 9.17) is 4.74 Å². The molecule has 9 nitrogen and oxygen atoms in total. The summed E-state index contributed by atoms with van der Waals surface area (Å²) < 4.78 is 35.1. The van der Waals surface area contributed by atoms with Gasteiger partial charge in [0.25, 0.3) is 0 Å². The standard InChI is InChI=1S/C25H26F2N8O/c1-15-10-17-22(27)20(11-19(26)23(17)33-15)36-25(30-3)18(12-28)24(29-2)34-21-5-4-16(13-32-21)14-35-8-6-31-7-9-35/h4-5,10-11,13,31,33H,3,6-9,14H2,1-2H3,(H,29,32,34)/b25-18+. The summed E-state index contributed by atoms with van der Waals surface area (Å²) >= 11 is 0. The number of pyridine rings is 1. The number of aromatic nitrogens is 2. The monoisotopic (exact) mass is 492 g/mol. The van der Waals surface area contributed by atoms with E-state index in [0.717, 1.165) is 44.4 Å². The van der Waals surface area contributed by atoms with Crippen molar-refractivity contribution in [2.24, 2.45) is 9.98 Å². The number of nitrogens with one attached hydrogen (secondary N) is 3. The molecule has 11 heteroatoms. The number of nitrogens with zero attached hydrogens (tertiary/aromatic N) is 5. The molecule has 36 heavy (non-hydrogen) atoms. The Morgan fingerprint density at radius 1 is 1.31 bits per heavy atom. The number of aromatic amines is 1. The molecule has 1 aliphatic rings. The maximum absolute atomic E-state index is 15.0. The number of fused-ring (bicyclic) bond motifs is 1. The van der Waals surface area contributed by atoms with Gasteiger partial charge in [-0.2, -0.15) is 5.26 Å². The number of aliphatic imine (C=N–C) groups is 2. The molecule has 1 aliphatic heterocycles. The number of hydrogen-bond acceptors (Lipinski definition) is 7. The van der Waals surface area contributed by atoms with Crippen LogP contribution in [0.4, 0.5) is 14.6 Å². The fourth-order valence-electron chi connectivity index (χ4n) is 3.95. The lowest BCUT2D eigenvalue weighted by Crippen LogP contribution is -2.42. The highest BCUT2D eigenvalue weighted by Gasteiger charge is 2.21. The Labute approximate surface area is 207 Å². The number of ether oxygens (including phenoxy) is 1. The van der Waals surface area contributed by atoms with Gasteiger partial charge in [-0.3, -0.25) is 9.89 Å². The molecule has 3 N–H and O–H groups in total. The van der Waals surface area contributed by atoms with Crippen molar-refractivity contribution in [3.8, 4) is 11.8 Å². The first-order valence-corrected chi connectivity index (χ1v) is 11.3. The Morgan fingerprint density at radius 2 is 2.08 bits per heavy atom. The Balaban J connectivity index is 1.56. The summed E-state index contributed by atoms with van der Waals surface area (Å²) in [6.07, 6.45) is 1.75. The van der Waals surface area contributed by atoms with Crippen LogP contribution in [0.5, 0.6) is 5.75 Å². The molecule has 1 aromatic carbocycles. The molecule has 0 amide bonds. The van der Waals surface area contributed by atoms with E-state index < -0.39 is 17.4 Å². The van der Waals surface area contributed by atoms with Gasteiger partial charge in [-0.1, -0.05) is 6.07 Å². The first-order chi connectivity index (χ1) is 17.4. The van der Waals surface area contributed by atoms with Crippen molar-refractivity contribution in [1.82, 2.24) is 20.2 Å². The van der Waals surface area contributed by atoms with Crippen LogP contribution in [0.1, 0.15) is 11.3 Å². The predicted molar refractivity (Wildman–Crippen MR) is 135 cm³/mol. The molecular formula is C25H26F2N8O. The number of aryl methyl sites for hydroxylation is 1. The Morgan fingerprint density at radius 3 is 2.72 bits per heavy atom. The third-order valence-electron chi connectivity index (χ3n) is 5.73. The van der Waals surface area contributed by atoms with Crippen molar-refractivity contribution < 1.29 is 13.5 Å². The maximum atomic E-state index is 15.0. The fourth-order valence-corrected chi connectivity index (χ4v) is 3.95. The van der Waals surface area contributed by atoms with Crippen molar-refractivity contribution in [3.63, 3.8) is 0 Å². The van der Waals surface area contributed by atoms with Crippen LogP contribution >= 0.6 is 0 Å². The summed E-state index contributed by atoms with van der Waals surface area (Å²) in [4.78, 5) is 17.4. The highest BCUT2D eigenvalue weighted by Crippen LogP contribution is 2.31. The van der Waals surface area contributed by atoms with Gasteiger partial charge in [0, 0.05) is 63.1 Å². The van der Waals surface area contributed by atoms with Crippen LogP contribution in [0.3, 0.4) is 0 Å². The number of piperazine rings is 1. The molecule has 0 aliphatic carbocycles. The van der Waals surface area contributed by atoms with Crippen LogP contribution in [0.25, 0.3) is 10.9 Å². The van der Waals surface area contributed by atoms with E-state index in [1.807, 2.05) is 12.1 Å². The van der Waals surface area contributed by atoms with Gasteiger partial charge in [-0.05, 0) is 31.3 Å². The molecule has 4 rings (SSSR count). The summed E-state index contributed by atoms with van der Waals surface area (Å²) in [7, 11) is 1.47. The second kappa shape index (κ2) is 11.1. The topological polar surface area (TPSA) is 114 Å². The minimum atomic E-state index is -0.793. The first-order valence-electron chi connectivity index (χ1n) is 11.3. The van der Waals surface area contributed by atoms with Gasteiger partial charge < -0.3 is 20.4 Å². The molecule has 0 bridgehead atoms. The minimum Gasteiger partial charge on any atom is -0.434 e. The predicted octanol–water partition coefficient (Wildman–Crippen LogP) is 3.51. The number of halogens is 2. The molecule has 1 saturated heterocycles. The highest BCUT2D eigenvalue weighted by atomic mass is 19.1. The second-order valence-electron chi connectivity index (χ2n) is 8.24. The number of rotatable bonds is 7. The zero-order valence-corrected chi connectivity index (χ0v) is 20.0. The average molecular weight is 493 g/mol. The zero-order chi connectivity index (χ0) is 25.7. The van der Waals surface area contributed by atoms with Crippen molar-refractivity contribution >= 4 is 29.3 Å². The third kappa shape index (κ3) is 5.40. The molecule has 3 aromatic rings. The minimum absolute atomic E-state index is 0.0250. The fraction of sp³-hybridized carbons (Fsp3) is 0.280. The lowest BCUT2D eigenvalue weighted by molar-refractivity contribution is 0.233. The molecule has 0 spiro atoms. The van der Waals surface area contributed by atoms with Gasteiger partial charge in [0.2, 0.25) is 5.88 Å². The van der Waals surface area contributed by atoms with Gasteiger partial charge in [0.1, 0.15) is 17.7 Å².